The Bertz CT molecular complexity index is 413. The van der Waals surface area contributed by atoms with Gasteiger partial charge in [0.25, 0.3) is 0 Å². The monoisotopic (exact) mass is 245 g/mol. The SMILES string of the molecule is C[C@@H]1[C@H](NC(=O)[C@H]2CC2(C)C)CCS1(=O)=O. The lowest BCUT2D eigenvalue weighted by molar-refractivity contribution is -0.123. The van der Waals surface area contributed by atoms with Crippen LogP contribution in [-0.4, -0.2) is 31.4 Å². The number of hydrogen-bond donors (Lipinski definition) is 1. The molecule has 1 saturated heterocycles. The molecule has 0 aromatic heterocycles. The second kappa shape index (κ2) is 3.45. The zero-order valence-corrected chi connectivity index (χ0v) is 10.8. The van der Waals surface area contributed by atoms with Gasteiger partial charge in [0.1, 0.15) is 0 Å². The summed E-state index contributed by atoms with van der Waals surface area (Å²) in [5, 5.41) is 2.45. The van der Waals surface area contributed by atoms with Crippen LogP contribution in [0.15, 0.2) is 0 Å². The maximum Gasteiger partial charge on any atom is 0.223 e. The number of rotatable bonds is 2. The molecule has 2 rings (SSSR count). The van der Waals surface area contributed by atoms with Gasteiger partial charge in [-0.3, -0.25) is 4.79 Å². The molecule has 0 aromatic carbocycles. The minimum Gasteiger partial charge on any atom is -0.352 e. The van der Waals surface area contributed by atoms with Crippen molar-refractivity contribution < 1.29 is 13.2 Å². The van der Waals surface area contributed by atoms with Gasteiger partial charge in [0.2, 0.25) is 5.91 Å². The van der Waals surface area contributed by atoms with Gasteiger partial charge < -0.3 is 5.32 Å². The molecule has 92 valence electrons. The zero-order valence-electron chi connectivity index (χ0n) is 9.99. The molecule has 1 aliphatic heterocycles. The van der Waals surface area contributed by atoms with E-state index in [4.69, 9.17) is 0 Å². The van der Waals surface area contributed by atoms with E-state index in [1.807, 2.05) is 0 Å². The highest BCUT2D eigenvalue weighted by Gasteiger charge is 2.51. The number of amides is 1. The van der Waals surface area contributed by atoms with Crippen LogP contribution in [-0.2, 0) is 14.6 Å². The first-order valence-corrected chi connectivity index (χ1v) is 7.47. The van der Waals surface area contributed by atoms with E-state index in [-0.39, 0.29) is 29.0 Å². The number of carbonyl (C=O) groups excluding carboxylic acids is 1. The molecule has 1 amide bonds. The molecular formula is C11H19NO3S. The highest BCUT2D eigenvalue weighted by molar-refractivity contribution is 7.92. The molecule has 1 N–H and O–H groups in total. The summed E-state index contributed by atoms with van der Waals surface area (Å²) in [5.74, 6) is 0.301. The molecule has 1 heterocycles. The topological polar surface area (TPSA) is 63.2 Å². The minimum atomic E-state index is -2.97. The summed E-state index contributed by atoms with van der Waals surface area (Å²) in [7, 11) is -2.97. The van der Waals surface area contributed by atoms with Gasteiger partial charge in [-0.15, -0.1) is 0 Å². The number of hydrogen-bond acceptors (Lipinski definition) is 3. The normalized spacial score (nSPS) is 39.3. The highest BCUT2D eigenvalue weighted by atomic mass is 32.2. The van der Waals surface area contributed by atoms with Crippen molar-refractivity contribution in [3.8, 4) is 0 Å². The molecule has 0 spiro atoms. The average molecular weight is 245 g/mol. The summed E-state index contributed by atoms with van der Waals surface area (Å²) in [6.45, 7) is 5.81. The van der Waals surface area contributed by atoms with Crippen molar-refractivity contribution in [1.82, 2.24) is 5.32 Å². The second-order valence-electron chi connectivity index (χ2n) is 5.72. The molecule has 2 aliphatic rings. The van der Waals surface area contributed by atoms with Crippen LogP contribution >= 0.6 is 0 Å². The number of sulfone groups is 1. The van der Waals surface area contributed by atoms with E-state index in [9.17, 15) is 13.2 Å². The average Bonchev–Trinajstić information content (AvgIpc) is 2.73. The first-order valence-electron chi connectivity index (χ1n) is 5.76. The maximum absolute atomic E-state index is 11.8. The molecule has 16 heavy (non-hydrogen) atoms. The fourth-order valence-electron chi connectivity index (χ4n) is 2.35. The molecule has 0 radical (unpaired) electrons. The van der Waals surface area contributed by atoms with Crippen molar-refractivity contribution in [3.05, 3.63) is 0 Å². The van der Waals surface area contributed by atoms with Crippen LogP contribution in [0.1, 0.15) is 33.6 Å². The quantitative estimate of drug-likeness (QED) is 0.780. The second-order valence-corrected chi connectivity index (χ2v) is 8.20. The van der Waals surface area contributed by atoms with Crippen molar-refractivity contribution >= 4 is 15.7 Å². The summed E-state index contributed by atoms with van der Waals surface area (Å²) in [6, 6.07) is -0.186. The molecule has 1 saturated carbocycles. The summed E-state index contributed by atoms with van der Waals surface area (Å²) in [5.41, 5.74) is 0.102. The molecule has 4 nitrogen and oxygen atoms in total. The third kappa shape index (κ3) is 1.97. The lowest BCUT2D eigenvalue weighted by Crippen LogP contribution is -2.41. The molecule has 0 bridgehead atoms. The van der Waals surface area contributed by atoms with Crippen LogP contribution in [0.3, 0.4) is 0 Å². The van der Waals surface area contributed by atoms with Gasteiger partial charge in [0, 0.05) is 12.0 Å². The largest absolute Gasteiger partial charge is 0.352 e. The summed E-state index contributed by atoms with van der Waals surface area (Å²) in [4.78, 5) is 11.8. The van der Waals surface area contributed by atoms with E-state index in [2.05, 4.69) is 19.2 Å². The first-order chi connectivity index (χ1) is 7.24. The Kier molecular flexibility index (Phi) is 2.57. The number of carbonyl (C=O) groups is 1. The summed E-state index contributed by atoms with van der Waals surface area (Å²) < 4.78 is 23.0. The molecule has 3 atom stereocenters. The lowest BCUT2D eigenvalue weighted by Gasteiger charge is -2.16. The van der Waals surface area contributed by atoms with Crippen molar-refractivity contribution in [2.45, 2.75) is 44.9 Å². The van der Waals surface area contributed by atoms with Crippen LogP contribution in [0.25, 0.3) is 0 Å². The summed E-state index contributed by atoms with van der Waals surface area (Å²) >= 11 is 0. The van der Waals surface area contributed by atoms with Crippen molar-refractivity contribution in [3.63, 3.8) is 0 Å². The van der Waals surface area contributed by atoms with Gasteiger partial charge >= 0.3 is 0 Å². The van der Waals surface area contributed by atoms with E-state index in [0.29, 0.717) is 6.42 Å². The van der Waals surface area contributed by atoms with Gasteiger partial charge in [-0.1, -0.05) is 13.8 Å². The minimum absolute atomic E-state index is 0.0268. The molecule has 0 aromatic rings. The molecular weight excluding hydrogens is 226 g/mol. The van der Waals surface area contributed by atoms with Gasteiger partial charge in [-0.2, -0.15) is 0 Å². The molecule has 2 fully saturated rings. The summed E-state index contributed by atoms with van der Waals surface area (Å²) in [6.07, 6.45) is 1.47. The van der Waals surface area contributed by atoms with E-state index < -0.39 is 15.1 Å². The van der Waals surface area contributed by atoms with Gasteiger partial charge in [-0.05, 0) is 25.2 Å². The van der Waals surface area contributed by atoms with Crippen LogP contribution < -0.4 is 5.32 Å². The Hall–Kier alpha value is -0.580. The Balaban J connectivity index is 1.95. The predicted molar refractivity (Wildman–Crippen MR) is 61.7 cm³/mol. The predicted octanol–water partition coefficient (Wildman–Crippen LogP) is 0.724. The Labute approximate surface area is 96.7 Å². The van der Waals surface area contributed by atoms with E-state index in [0.717, 1.165) is 6.42 Å². The third-order valence-corrected chi connectivity index (χ3v) is 6.27. The van der Waals surface area contributed by atoms with Gasteiger partial charge in [-0.25, -0.2) is 8.42 Å². The smallest absolute Gasteiger partial charge is 0.223 e. The molecule has 5 heteroatoms. The van der Waals surface area contributed by atoms with Crippen LogP contribution in [0.4, 0.5) is 0 Å². The van der Waals surface area contributed by atoms with Crippen molar-refractivity contribution in [2.75, 3.05) is 5.75 Å². The highest BCUT2D eigenvalue weighted by Crippen LogP contribution is 2.51. The fraction of sp³-hybridized carbons (Fsp3) is 0.909. The first kappa shape index (κ1) is 11.9. The maximum atomic E-state index is 11.8. The van der Waals surface area contributed by atoms with E-state index in [1.54, 1.807) is 6.92 Å². The Morgan fingerprint density at radius 3 is 2.31 bits per heavy atom. The standard InChI is InChI=1S/C11H19NO3S/c1-7-9(4-5-16(7,14)15)12-10(13)8-6-11(8,2)3/h7-9H,4-6H2,1-3H3,(H,12,13)/t7-,8-,9-/m1/s1. The van der Waals surface area contributed by atoms with Gasteiger partial charge in [0.05, 0.1) is 11.0 Å². The van der Waals surface area contributed by atoms with Crippen LogP contribution in [0.2, 0.25) is 0 Å². The van der Waals surface area contributed by atoms with E-state index in [1.165, 1.54) is 0 Å². The van der Waals surface area contributed by atoms with Crippen LogP contribution in [0, 0.1) is 11.3 Å². The van der Waals surface area contributed by atoms with Gasteiger partial charge in [0.15, 0.2) is 9.84 Å². The number of nitrogens with one attached hydrogen (secondary N) is 1. The molecule has 0 unspecified atom stereocenters. The Morgan fingerprint density at radius 1 is 1.38 bits per heavy atom. The van der Waals surface area contributed by atoms with E-state index >= 15 is 0 Å². The third-order valence-electron chi connectivity index (χ3n) is 4.00. The fourth-order valence-corrected chi connectivity index (χ4v) is 4.01. The Morgan fingerprint density at radius 2 is 1.94 bits per heavy atom. The van der Waals surface area contributed by atoms with Crippen molar-refractivity contribution in [2.24, 2.45) is 11.3 Å². The van der Waals surface area contributed by atoms with Crippen molar-refractivity contribution in [1.29, 1.82) is 0 Å². The zero-order chi connectivity index (χ0) is 12.1. The molecule has 1 aliphatic carbocycles. The lowest BCUT2D eigenvalue weighted by atomic mass is 10.1. The van der Waals surface area contributed by atoms with Crippen LogP contribution in [0.5, 0.6) is 0 Å².